The average Bonchev–Trinajstić information content (AvgIpc) is 3.16. The molecule has 0 spiro atoms. The predicted molar refractivity (Wildman–Crippen MR) is 137 cm³/mol. The second-order valence-corrected chi connectivity index (χ2v) is 8.61. The fourth-order valence-corrected chi connectivity index (χ4v) is 4.35. The quantitative estimate of drug-likeness (QED) is 0.480. The number of aromatic nitrogens is 1. The molecule has 0 unspecified atom stereocenters. The number of nitrogens with zero attached hydrogens (tertiary/aromatic N) is 4. The lowest BCUT2D eigenvalue weighted by atomic mass is 10.0. The van der Waals surface area contributed by atoms with Crippen LogP contribution in [0.15, 0.2) is 84.5 Å². The highest BCUT2D eigenvalue weighted by Gasteiger charge is 2.27. The largest absolute Gasteiger partial charge is 0.303 e. The molecule has 3 aromatic rings. The Balaban J connectivity index is 1.62. The summed E-state index contributed by atoms with van der Waals surface area (Å²) in [5, 5.41) is 4.43. The van der Waals surface area contributed by atoms with Gasteiger partial charge in [-0.1, -0.05) is 55.8 Å². The van der Waals surface area contributed by atoms with Gasteiger partial charge in [-0.2, -0.15) is 0 Å². The van der Waals surface area contributed by atoms with E-state index in [0.717, 1.165) is 38.2 Å². The van der Waals surface area contributed by atoms with Gasteiger partial charge in [0, 0.05) is 38.8 Å². The molecule has 1 aromatic heterocycles. The number of aryl methyl sites for hydroxylation is 1. The van der Waals surface area contributed by atoms with E-state index in [1.165, 1.54) is 33.6 Å². The zero-order valence-electron chi connectivity index (χ0n) is 20.3. The normalized spacial score (nSPS) is 14.0. The summed E-state index contributed by atoms with van der Waals surface area (Å²) >= 11 is 0. The van der Waals surface area contributed by atoms with Crippen LogP contribution >= 0.6 is 0 Å². The minimum absolute atomic E-state index is 0.870. The van der Waals surface area contributed by atoms with Crippen molar-refractivity contribution in [3.63, 3.8) is 0 Å². The molecule has 1 N–H and O–H groups in total. The third-order valence-electron chi connectivity index (χ3n) is 6.45. The Labute approximate surface area is 198 Å². The van der Waals surface area contributed by atoms with Gasteiger partial charge in [-0.05, 0) is 61.0 Å². The van der Waals surface area contributed by atoms with Gasteiger partial charge >= 0.3 is 0 Å². The molecule has 4 rings (SSSR count). The van der Waals surface area contributed by atoms with E-state index in [0.29, 0.717) is 0 Å². The number of allylic oxidation sites excluding steroid dienone is 1. The molecular formula is C28H35N5. The van der Waals surface area contributed by atoms with Crippen molar-refractivity contribution >= 4 is 5.69 Å². The molecule has 1 aliphatic rings. The van der Waals surface area contributed by atoms with Crippen LogP contribution in [0.3, 0.4) is 0 Å². The van der Waals surface area contributed by atoms with E-state index in [1.807, 2.05) is 12.4 Å². The number of hydrazine groups is 2. The first-order valence-electron chi connectivity index (χ1n) is 11.9. The Hall–Kier alpha value is -3.15. The first kappa shape index (κ1) is 23.0. The number of hydrogen-bond acceptors (Lipinski definition) is 5. The summed E-state index contributed by atoms with van der Waals surface area (Å²) in [6, 6.07) is 21.7. The van der Waals surface area contributed by atoms with Crippen LogP contribution in [0, 0.1) is 6.92 Å². The van der Waals surface area contributed by atoms with Gasteiger partial charge in [0.25, 0.3) is 0 Å². The molecule has 172 valence electrons. The van der Waals surface area contributed by atoms with Crippen LogP contribution in [-0.2, 0) is 6.42 Å². The van der Waals surface area contributed by atoms with E-state index < -0.39 is 0 Å². The SMILES string of the molecule is CCN(CC)CCC1=C(Cc2ccc(-c3ccncc3)cc2)N(c2ccc(C)cc2)NN1C. The zero-order chi connectivity index (χ0) is 23.2. The van der Waals surface area contributed by atoms with Gasteiger partial charge in [-0.25, -0.2) is 0 Å². The van der Waals surface area contributed by atoms with Crippen molar-refractivity contribution in [2.45, 2.75) is 33.6 Å². The summed E-state index contributed by atoms with van der Waals surface area (Å²) in [5.41, 5.74) is 12.4. The first-order valence-corrected chi connectivity index (χ1v) is 11.9. The molecule has 5 heteroatoms. The number of rotatable bonds is 9. The maximum absolute atomic E-state index is 4.13. The summed E-state index contributed by atoms with van der Waals surface area (Å²) in [6.45, 7) is 9.81. The Morgan fingerprint density at radius 2 is 1.45 bits per heavy atom. The van der Waals surface area contributed by atoms with Crippen molar-refractivity contribution in [2.75, 3.05) is 31.7 Å². The van der Waals surface area contributed by atoms with Crippen LogP contribution in [0.1, 0.15) is 31.4 Å². The lowest BCUT2D eigenvalue weighted by Crippen LogP contribution is -2.39. The van der Waals surface area contributed by atoms with Crippen LogP contribution in [-0.4, -0.2) is 41.6 Å². The monoisotopic (exact) mass is 441 g/mol. The van der Waals surface area contributed by atoms with E-state index in [4.69, 9.17) is 0 Å². The van der Waals surface area contributed by atoms with Gasteiger partial charge in [-0.15, -0.1) is 5.53 Å². The lowest BCUT2D eigenvalue weighted by Gasteiger charge is -2.23. The van der Waals surface area contributed by atoms with E-state index in [9.17, 15) is 0 Å². The number of pyridine rings is 1. The van der Waals surface area contributed by atoms with Crippen molar-refractivity contribution in [1.29, 1.82) is 0 Å². The molecule has 0 saturated carbocycles. The average molecular weight is 442 g/mol. The smallest absolute Gasteiger partial charge is 0.0620 e. The minimum atomic E-state index is 0.870. The van der Waals surface area contributed by atoms with E-state index in [1.54, 1.807) is 0 Å². The molecule has 0 fully saturated rings. The van der Waals surface area contributed by atoms with E-state index in [-0.39, 0.29) is 0 Å². The molecule has 1 aliphatic heterocycles. The molecular weight excluding hydrogens is 406 g/mol. The summed E-state index contributed by atoms with van der Waals surface area (Å²) in [5.74, 6) is 0. The van der Waals surface area contributed by atoms with Crippen molar-refractivity contribution in [2.24, 2.45) is 0 Å². The minimum Gasteiger partial charge on any atom is -0.303 e. The molecule has 0 atom stereocenters. The van der Waals surface area contributed by atoms with Crippen molar-refractivity contribution in [1.82, 2.24) is 20.4 Å². The molecule has 0 saturated heterocycles. The van der Waals surface area contributed by atoms with Gasteiger partial charge in [0.1, 0.15) is 0 Å². The second-order valence-electron chi connectivity index (χ2n) is 8.61. The van der Waals surface area contributed by atoms with Crippen LogP contribution in [0.2, 0.25) is 0 Å². The third-order valence-corrected chi connectivity index (χ3v) is 6.45. The fourth-order valence-electron chi connectivity index (χ4n) is 4.35. The molecule has 5 nitrogen and oxygen atoms in total. The first-order chi connectivity index (χ1) is 16.1. The van der Waals surface area contributed by atoms with Crippen molar-refractivity contribution in [3.8, 4) is 11.1 Å². The predicted octanol–water partition coefficient (Wildman–Crippen LogP) is 5.41. The molecule has 0 amide bonds. The standard InChI is InChI=1S/C28H35N5/c1-5-32(6-2)20-17-27-28(33(30-31(27)4)26-13-7-22(3)8-14-26)21-23-9-11-24(12-10-23)25-15-18-29-19-16-25/h7-16,18-19,30H,5-6,17,20-21H2,1-4H3. The highest BCUT2D eigenvalue weighted by Crippen LogP contribution is 2.30. The highest BCUT2D eigenvalue weighted by molar-refractivity contribution is 5.63. The zero-order valence-corrected chi connectivity index (χ0v) is 20.3. The number of nitrogens with one attached hydrogen (secondary N) is 1. The Morgan fingerprint density at radius 3 is 2.09 bits per heavy atom. The second kappa shape index (κ2) is 10.6. The molecule has 0 aliphatic carbocycles. The van der Waals surface area contributed by atoms with Gasteiger partial charge in [0.15, 0.2) is 0 Å². The Morgan fingerprint density at radius 1 is 0.818 bits per heavy atom. The van der Waals surface area contributed by atoms with Crippen LogP contribution in [0.25, 0.3) is 11.1 Å². The Kier molecular flexibility index (Phi) is 7.43. The topological polar surface area (TPSA) is 34.6 Å². The third kappa shape index (κ3) is 5.44. The maximum atomic E-state index is 4.13. The number of benzene rings is 2. The molecule has 33 heavy (non-hydrogen) atoms. The highest BCUT2D eigenvalue weighted by atomic mass is 15.8. The summed E-state index contributed by atoms with van der Waals surface area (Å²) in [6.07, 6.45) is 5.57. The molecule has 0 bridgehead atoms. The van der Waals surface area contributed by atoms with Crippen LogP contribution in [0.4, 0.5) is 5.69 Å². The van der Waals surface area contributed by atoms with Crippen molar-refractivity contribution in [3.05, 3.63) is 95.6 Å². The summed E-state index contributed by atoms with van der Waals surface area (Å²) in [7, 11) is 2.12. The molecule has 0 radical (unpaired) electrons. The lowest BCUT2D eigenvalue weighted by molar-refractivity contribution is 0.276. The van der Waals surface area contributed by atoms with Crippen LogP contribution in [0.5, 0.6) is 0 Å². The van der Waals surface area contributed by atoms with Crippen molar-refractivity contribution < 1.29 is 0 Å². The van der Waals surface area contributed by atoms with Gasteiger partial charge in [0.05, 0.1) is 17.1 Å². The summed E-state index contributed by atoms with van der Waals surface area (Å²) in [4.78, 5) is 6.61. The van der Waals surface area contributed by atoms with Gasteiger partial charge < -0.3 is 4.90 Å². The molecule has 2 aromatic carbocycles. The fraction of sp³-hybridized carbons (Fsp3) is 0.321. The number of hydrogen-bond donors (Lipinski definition) is 1. The molecule has 2 heterocycles. The van der Waals surface area contributed by atoms with Gasteiger partial charge in [0.2, 0.25) is 0 Å². The van der Waals surface area contributed by atoms with E-state index in [2.05, 4.69) is 114 Å². The maximum Gasteiger partial charge on any atom is 0.0620 e. The summed E-state index contributed by atoms with van der Waals surface area (Å²) < 4.78 is 0. The Bertz CT molecular complexity index is 1050. The van der Waals surface area contributed by atoms with Gasteiger partial charge in [-0.3, -0.25) is 15.0 Å². The number of anilines is 1. The van der Waals surface area contributed by atoms with E-state index >= 15 is 0 Å². The van der Waals surface area contributed by atoms with Crippen LogP contribution < -0.4 is 10.5 Å².